The van der Waals surface area contributed by atoms with E-state index in [1.54, 1.807) is 16.7 Å². The predicted octanol–water partition coefficient (Wildman–Crippen LogP) is 3.25. The molecule has 1 saturated carbocycles. The van der Waals surface area contributed by atoms with Gasteiger partial charge in [-0.3, -0.25) is 14.4 Å². The van der Waals surface area contributed by atoms with E-state index in [-0.39, 0.29) is 31.1 Å². The molecule has 2 amide bonds. The van der Waals surface area contributed by atoms with Gasteiger partial charge in [-0.15, -0.1) is 11.8 Å². The first kappa shape index (κ1) is 24.7. The van der Waals surface area contributed by atoms with Crippen molar-refractivity contribution < 1.29 is 24.2 Å². The van der Waals surface area contributed by atoms with Crippen LogP contribution >= 0.6 is 11.8 Å². The SMILES string of the molecule is C[C@]12C=CCOC(=O)[C@H]1[C@H]1C(=O)N([C@H](CO)c3ccccc3)C3C(=O)N(C4CCCCC4)CC=C[C@@]31S2. The summed E-state index contributed by atoms with van der Waals surface area (Å²) in [6, 6.07) is 8.02. The second-order valence-corrected chi connectivity index (χ2v) is 12.9. The molecule has 1 aliphatic carbocycles. The van der Waals surface area contributed by atoms with E-state index < -0.39 is 39.4 Å². The van der Waals surface area contributed by atoms with E-state index in [0.717, 1.165) is 31.2 Å². The second-order valence-electron chi connectivity index (χ2n) is 11.1. The van der Waals surface area contributed by atoms with Gasteiger partial charge in [0, 0.05) is 17.3 Å². The highest BCUT2D eigenvalue weighted by Crippen LogP contribution is 2.66. The lowest BCUT2D eigenvalue weighted by molar-refractivity contribution is -0.153. The quantitative estimate of drug-likeness (QED) is 0.483. The molecule has 1 aromatic rings. The Morgan fingerprint density at radius 2 is 1.78 bits per heavy atom. The van der Waals surface area contributed by atoms with E-state index >= 15 is 0 Å². The summed E-state index contributed by atoms with van der Waals surface area (Å²) in [6.07, 6.45) is 13.2. The molecule has 2 saturated heterocycles. The molecule has 4 heterocycles. The van der Waals surface area contributed by atoms with Gasteiger partial charge in [0.1, 0.15) is 12.6 Å². The lowest BCUT2D eigenvalue weighted by atomic mass is 9.75. The van der Waals surface area contributed by atoms with Crippen molar-refractivity contribution in [1.29, 1.82) is 0 Å². The lowest BCUT2D eigenvalue weighted by Crippen LogP contribution is -2.56. The Labute approximate surface area is 221 Å². The zero-order chi connectivity index (χ0) is 25.8. The van der Waals surface area contributed by atoms with Crippen LogP contribution in [0.1, 0.15) is 50.6 Å². The number of likely N-dealkylation sites (tertiary alicyclic amines) is 1. The Hall–Kier alpha value is -2.58. The Kier molecular flexibility index (Phi) is 6.23. The number of thioether (sulfide) groups is 1. The molecule has 4 aliphatic heterocycles. The van der Waals surface area contributed by atoms with Crippen LogP contribution in [0.15, 0.2) is 54.6 Å². The molecule has 8 heteroatoms. The summed E-state index contributed by atoms with van der Waals surface area (Å²) in [5.74, 6) is -2.21. The highest BCUT2D eigenvalue weighted by atomic mass is 32.2. The number of nitrogens with zero attached hydrogens (tertiary/aromatic N) is 2. The van der Waals surface area contributed by atoms with E-state index in [1.165, 1.54) is 6.42 Å². The van der Waals surface area contributed by atoms with Crippen LogP contribution in [-0.2, 0) is 19.1 Å². The first-order chi connectivity index (χ1) is 17.9. The Balaban J connectivity index is 1.51. The Morgan fingerprint density at radius 1 is 1.03 bits per heavy atom. The van der Waals surface area contributed by atoms with Crippen molar-refractivity contribution in [2.45, 2.75) is 66.6 Å². The van der Waals surface area contributed by atoms with Gasteiger partial charge < -0.3 is 19.6 Å². The van der Waals surface area contributed by atoms with E-state index in [0.29, 0.717) is 6.54 Å². The first-order valence-electron chi connectivity index (χ1n) is 13.4. The van der Waals surface area contributed by atoms with Crippen molar-refractivity contribution in [2.24, 2.45) is 11.8 Å². The molecular weight excluding hydrogens is 488 g/mol. The van der Waals surface area contributed by atoms with E-state index in [2.05, 4.69) is 0 Å². The van der Waals surface area contributed by atoms with Crippen molar-refractivity contribution in [3.63, 3.8) is 0 Å². The van der Waals surface area contributed by atoms with Gasteiger partial charge in [0.2, 0.25) is 11.8 Å². The number of carbonyl (C=O) groups excluding carboxylic acids is 3. The minimum atomic E-state index is -0.931. The minimum absolute atomic E-state index is 0.0768. The predicted molar refractivity (Wildman–Crippen MR) is 140 cm³/mol. The summed E-state index contributed by atoms with van der Waals surface area (Å²) in [4.78, 5) is 46.0. The van der Waals surface area contributed by atoms with Gasteiger partial charge in [-0.1, -0.05) is 67.8 Å². The number of carbonyl (C=O) groups is 3. The lowest BCUT2D eigenvalue weighted by Gasteiger charge is -2.42. The number of hydrogen-bond acceptors (Lipinski definition) is 6. The maximum absolute atomic E-state index is 14.6. The van der Waals surface area contributed by atoms with Crippen LogP contribution in [0, 0.1) is 11.8 Å². The van der Waals surface area contributed by atoms with Crippen molar-refractivity contribution >= 4 is 29.5 Å². The largest absolute Gasteiger partial charge is 0.461 e. The number of esters is 1. The molecule has 1 unspecified atom stereocenters. The molecule has 6 rings (SSSR count). The fourth-order valence-electron chi connectivity index (χ4n) is 7.40. The molecule has 6 atom stereocenters. The molecule has 1 aromatic carbocycles. The van der Waals surface area contributed by atoms with Gasteiger partial charge in [-0.05, 0) is 31.4 Å². The highest BCUT2D eigenvalue weighted by Gasteiger charge is 2.74. The van der Waals surface area contributed by atoms with Gasteiger partial charge in [0.25, 0.3) is 0 Å². The van der Waals surface area contributed by atoms with Crippen molar-refractivity contribution in [3.8, 4) is 0 Å². The number of benzene rings is 1. The van der Waals surface area contributed by atoms with Crippen molar-refractivity contribution in [2.75, 3.05) is 19.8 Å². The summed E-state index contributed by atoms with van der Waals surface area (Å²) < 4.78 is 3.91. The zero-order valence-corrected chi connectivity index (χ0v) is 21.9. The molecule has 7 nitrogen and oxygen atoms in total. The molecule has 37 heavy (non-hydrogen) atoms. The molecule has 0 radical (unpaired) electrons. The van der Waals surface area contributed by atoms with E-state index in [9.17, 15) is 19.5 Å². The third-order valence-electron chi connectivity index (χ3n) is 8.99. The minimum Gasteiger partial charge on any atom is -0.461 e. The van der Waals surface area contributed by atoms with Crippen LogP contribution in [0.3, 0.4) is 0 Å². The summed E-state index contributed by atoms with van der Waals surface area (Å²) in [6.45, 7) is 2.34. The average Bonchev–Trinajstić information content (AvgIpc) is 3.16. The van der Waals surface area contributed by atoms with Crippen LogP contribution in [0.25, 0.3) is 0 Å². The third-order valence-corrected chi connectivity index (χ3v) is 10.8. The van der Waals surface area contributed by atoms with Crippen molar-refractivity contribution in [3.05, 3.63) is 60.2 Å². The van der Waals surface area contributed by atoms with Gasteiger partial charge in [-0.2, -0.15) is 0 Å². The van der Waals surface area contributed by atoms with Crippen molar-refractivity contribution in [1.82, 2.24) is 9.80 Å². The summed E-state index contributed by atoms with van der Waals surface area (Å²) in [5, 5.41) is 10.6. The highest BCUT2D eigenvalue weighted by molar-refractivity contribution is 8.02. The first-order valence-corrected chi connectivity index (χ1v) is 14.2. The van der Waals surface area contributed by atoms with E-state index in [4.69, 9.17) is 4.74 Å². The smallest absolute Gasteiger partial charge is 0.311 e. The number of aliphatic hydroxyl groups excluding tert-OH is 1. The number of hydrogen-bond donors (Lipinski definition) is 1. The summed E-state index contributed by atoms with van der Waals surface area (Å²) in [5.41, 5.74) is 0.773. The van der Waals surface area contributed by atoms with Gasteiger partial charge in [0.05, 0.1) is 29.2 Å². The van der Waals surface area contributed by atoms with Crippen LogP contribution in [0.5, 0.6) is 0 Å². The Bertz CT molecular complexity index is 1150. The number of rotatable bonds is 4. The van der Waals surface area contributed by atoms with E-state index in [1.807, 2.05) is 66.5 Å². The van der Waals surface area contributed by atoms with Crippen LogP contribution < -0.4 is 0 Å². The fraction of sp³-hybridized carbons (Fsp3) is 0.552. The standard InChI is InChI=1S/C29H34N2O5S/c1-28-14-9-17-36-27(35)23(28)22-25(33)31(21(18-32)19-10-4-2-5-11-19)24-26(34)30(20-12-6-3-7-13-20)16-8-15-29(22,24)37-28/h2,4-5,8-11,14-15,20-24,32H,3,6-7,12-13,16-18H2,1H3/t21-,22+,23-,24?,28+,29+/m1/s1. The monoisotopic (exact) mass is 522 g/mol. The Morgan fingerprint density at radius 3 is 2.51 bits per heavy atom. The molecule has 1 spiro atoms. The van der Waals surface area contributed by atoms with Crippen LogP contribution in [-0.4, -0.2) is 74.0 Å². The molecule has 196 valence electrons. The molecule has 5 aliphatic rings. The van der Waals surface area contributed by atoms with Crippen LogP contribution in [0.4, 0.5) is 0 Å². The number of amides is 2. The van der Waals surface area contributed by atoms with Gasteiger partial charge in [-0.25, -0.2) is 0 Å². The molecular formula is C29H34N2O5S. The zero-order valence-electron chi connectivity index (χ0n) is 21.1. The fourth-order valence-corrected chi connectivity index (χ4v) is 9.54. The van der Waals surface area contributed by atoms with Gasteiger partial charge >= 0.3 is 5.97 Å². The normalized spacial score (nSPS) is 36.5. The average molecular weight is 523 g/mol. The third kappa shape index (κ3) is 3.70. The molecule has 0 bridgehead atoms. The van der Waals surface area contributed by atoms with Gasteiger partial charge in [0.15, 0.2) is 0 Å². The maximum Gasteiger partial charge on any atom is 0.311 e. The summed E-state index contributed by atoms with van der Waals surface area (Å²) >= 11 is 1.55. The number of fused-ring (bicyclic) bond motifs is 2. The number of ether oxygens (including phenoxy) is 1. The molecule has 0 aromatic heterocycles. The number of aliphatic hydroxyl groups is 1. The molecule has 1 N–H and O–H groups in total. The topological polar surface area (TPSA) is 87.1 Å². The number of cyclic esters (lactones) is 1. The maximum atomic E-state index is 14.6. The second kappa shape index (κ2) is 9.31. The summed E-state index contributed by atoms with van der Waals surface area (Å²) in [7, 11) is 0. The molecule has 3 fully saturated rings. The van der Waals surface area contributed by atoms with Crippen LogP contribution in [0.2, 0.25) is 0 Å².